The maximum atomic E-state index is 12.1. The Balaban J connectivity index is 2.52. The van der Waals surface area contributed by atoms with Gasteiger partial charge in [0, 0.05) is 0 Å². The molecule has 2 rings (SSSR count). The smallest absolute Gasteiger partial charge is 0.330 e. The molecule has 18 heavy (non-hydrogen) atoms. The van der Waals surface area contributed by atoms with Crippen molar-refractivity contribution in [1.29, 1.82) is 0 Å². The summed E-state index contributed by atoms with van der Waals surface area (Å²) in [5, 5.41) is 3.15. The molecule has 4 nitrogen and oxygen atoms in total. The zero-order chi connectivity index (χ0) is 13.2. The quantitative estimate of drug-likeness (QED) is 0.827. The number of likely N-dealkylation sites (N-methyl/N-ethyl adjacent to an activating group) is 1. The number of rotatable bonds is 3. The molecule has 0 heterocycles. The normalized spacial score (nSPS) is 22.2. The van der Waals surface area contributed by atoms with Crippen LogP contribution >= 0.6 is 0 Å². The summed E-state index contributed by atoms with van der Waals surface area (Å²) in [4.78, 5) is 12.1. The topological polar surface area (TPSA) is 47.6 Å². The standard InChI is InChI=1S/C14H19NO3/c1-15-14(13(16)18-3)8-4-5-10-9-11(17-2)6-7-12(10)14/h6-7,9,15H,4-5,8H2,1-3H3. The van der Waals surface area contributed by atoms with Crippen LogP contribution in [0.25, 0.3) is 0 Å². The van der Waals surface area contributed by atoms with Gasteiger partial charge in [-0.05, 0) is 49.6 Å². The molecule has 1 aliphatic rings. The molecule has 0 radical (unpaired) electrons. The third kappa shape index (κ3) is 1.86. The first-order chi connectivity index (χ1) is 8.67. The van der Waals surface area contributed by atoms with Crippen molar-refractivity contribution in [1.82, 2.24) is 5.32 Å². The van der Waals surface area contributed by atoms with Crippen molar-refractivity contribution in [3.8, 4) is 5.75 Å². The van der Waals surface area contributed by atoms with Crippen molar-refractivity contribution >= 4 is 5.97 Å². The van der Waals surface area contributed by atoms with Crippen molar-refractivity contribution in [3.63, 3.8) is 0 Å². The average molecular weight is 249 g/mol. The molecular weight excluding hydrogens is 230 g/mol. The van der Waals surface area contributed by atoms with Gasteiger partial charge in [0.2, 0.25) is 0 Å². The Morgan fingerprint density at radius 2 is 2.17 bits per heavy atom. The molecule has 0 bridgehead atoms. The number of benzene rings is 1. The average Bonchev–Trinajstić information content (AvgIpc) is 2.44. The van der Waals surface area contributed by atoms with Crippen molar-refractivity contribution in [2.24, 2.45) is 0 Å². The lowest BCUT2D eigenvalue weighted by Crippen LogP contribution is -2.50. The Morgan fingerprint density at radius 1 is 1.39 bits per heavy atom. The molecular formula is C14H19NO3. The highest BCUT2D eigenvalue weighted by Gasteiger charge is 2.43. The number of hydrogen-bond donors (Lipinski definition) is 1. The summed E-state index contributed by atoms with van der Waals surface area (Å²) in [7, 11) is 4.88. The van der Waals surface area contributed by atoms with Crippen LogP contribution in [0.15, 0.2) is 18.2 Å². The monoisotopic (exact) mass is 249 g/mol. The van der Waals surface area contributed by atoms with Crippen LogP contribution in [0.4, 0.5) is 0 Å². The molecule has 1 aliphatic carbocycles. The number of carbonyl (C=O) groups excluding carboxylic acids is 1. The highest BCUT2D eigenvalue weighted by Crippen LogP contribution is 2.37. The van der Waals surface area contributed by atoms with Crippen molar-refractivity contribution < 1.29 is 14.3 Å². The molecule has 1 unspecified atom stereocenters. The van der Waals surface area contributed by atoms with E-state index in [2.05, 4.69) is 5.32 Å². The molecule has 1 N–H and O–H groups in total. The molecule has 1 aromatic carbocycles. The van der Waals surface area contributed by atoms with E-state index in [1.54, 1.807) is 14.2 Å². The Morgan fingerprint density at radius 3 is 2.78 bits per heavy atom. The van der Waals surface area contributed by atoms with Gasteiger partial charge < -0.3 is 14.8 Å². The zero-order valence-corrected chi connectivity index (χ0v) is 11.1. The fraction of sp³-hybridized carbons (Fsp3) is 0.500. The maximum Gasteiger partial charge on any atom is 0.330 e. The fourth-order valence-electron chi connectivity index (χ4n) is 2.75. The molecule has 98 valence electrons. The van der Waals surface area contributed by atoms with Gasteiger partial charge in [0.15, 0.2) is 0 Å². The molecule has 4 heteroatoms. The maximum absolute atomic E-state index is 12.1. The summed E-state index contributed by atoms with van der Waals surface area (Å²) in [6.45, 7) is 0. The predicted molar refractivity (Wildman–Crippen MR) is 68.7 cm³/mol. The van der Waals surface area contributed by atoms with Crippen LogP contribution in [0.2, 0.25) is 0 Å². The van der Waals surface area contributed by atoms with Crippen LogP contribution in [-0.2, 0) is 21.5 Å². The van der Waals surface area contributed by atoms with E-state index in [0.717, 1.165) is 36.1 Å². The van der Waals surface area contributed by atoms with Crippen molar-refractivity contribution in [2.45, 2.75) is 24.8 Å². The van der Waals surface area contributed by atoms with Gasteiger partial charge in [-0.25, -0.2) is 4.79 Å². The second-order valence-corrected chi connectivity index (χ2v) is 4.52. The highest BCUT2D eigenvalue weighted by atomic mass is 16.5. The predicted octanol–water partition coefficient (Wildman–Crippen LogP) is 1.62. The van der Waals surface area contributed by atoms with E-state index < -0.39 is 5.54 Å². The van der Waals surface area contributed by atoms with Crippen LogP contribution in [0, 0.1) is 0 Å². The second kappa shape index (κ2) is 4.98. The summed E-state index contributed by atoms with van der Waals surface area (Å²) >= 11 is 0. The molecule has 0 amide bonds. The number of nitrogens with one attached hydrogen (secondary N) is 1. The van der Waals surface area contributed by atoms with Gasteiger partial charge in [-0.2, -0.15) is 0 Å². The van der Waals surface area contributed by atoms with Gasteiger partial charge in [-0.1, -0.05) is 6.07 Å². The van der Waals surface area contributed by atoms with E-state index in [9.17, 15) is 4.79 Å². The third-order valence-corrected chi connectivity index (χ3v) is 3.73. The van der Waals surface area contributed by atoms with Gasteiger partial charge in [-0.3, -0.25) is 0 Å². The Kier molecular flexibility index (Phi) is 3.57. The first-order valence-corrected chi connectivity index (χ1v) is 6.12. The minimum Gasteiger partial charge on any atom is -0.497 e. The first-order valence-electron chi connectivity index (χ1n) is 6.12. The number of fused-ring (bicyclic) bond motifs is 1. The molecule has 0 fully saturated rings. The number of ether oxygens (including phenoxy) is 2. The minimum absolute atomic E-state index is 0.226. The molecule has 0 aliphatic heterocycles. The van der Waals surface area contributed by atoms with Gasteiger partial charge in [0.05, 0.1) is 14.2 Å². The molecule has 0 saturated heterocycles. The molecule has 0 saturated carbocycles. The van der Waals surface area contributed by atoms with Crippen LogP contribution in [0.3, 0.4) is 0 Å². The largest absolute Gasteiger partial charge is 0.497 e. The number of carbonyl (C=O) groups is 1. The summed E-state index contributed by atoms with van der Waals surface area (Å²) in [5.41, 5.74) is 1.44. The SMILES string of the molecule is CNC1(C(=O)OC)CCCc2cc(OC)ccc21. The molecule has 0 spiro atoms. The summed E-state index contributed by atoms with van der Waals surface area (Å²) in [6.07, 6.45) is 2.68. The van der Waals surface area contributed by atoms with E-state index in [-0.39, 0.29) is 5.97 Å². The number of aryl methyl sites for hydroxylation is 1. The van der Waals surface area contributed by atoms with Gasteiger partial charge >= 0.3 is 5.97 Å². The van der Waals surface area contributed by atoms with Crippen LogP contribution in [0.1, 0.15) is 24.0 Å². The molecule has 0 aromatic heterocycles. The number of methoxy groups -OCH3 is 2. The summed E-state index contributed by atoms with van der Waals surface area (Å²) in [5.74, 6) is 0.599. The lowest BCUT2D eigenvalue weighted by molar-refractivity contribution is -0.149. The highest BCUT2D eigenvalue weighted by molar-refractivity contribution is 5.83. The summed E-state index contributed by atoms with van der Waals surface area (Å²) < 4.78 is 10.2. The van der Waals surface area contributed by atoms with Crippen molar-refractivity contribution in [2.75, 3.05) is 21.3 Å². The van der Waals surface area contributed by atoms with E-state index in [0.29, 0.717) is 0 Å². The second-order valence-electron chi connectivity index (χ2n) is 4.52. The summed E-state index contributed by atoms with van der Waals surface area (Å²) in [6, 6.07) is 5.85. The number of esters is 1. The Labute approximate surface area is 107 Å². The first kappa shape index (κ1) is 12.9. The van der Waals surface area contributed by atoms with E-state index in [1.807, 2.05) is 18.2 Å². The van der Waals surface area contributed by atoms with E-state index in [1.165, 1.54) is 7.11 Å². The van der Waals surface area contributed by atoms with E-state index in [4.69, 9.17) is 9.47 Å². The lowest BCUT2D eigenvalue weighted by Gasteiger charge is -2.36. The van der Waals surface area contributed by atoms with Crippen LogP contribution in [-0.4, -0.2) is 27.2 Å². The van der Waals surface area contributed by atoms with E-state index >= 15 is 0 Å². The minimum atomic E-state index is -0.714. The van der Waals surface area contributed by atoms with Gasteiger partial charge in [-0.15, -0.1) is 0 Å². The van der Waals surface area contributed by atoms with Crippen LogP contribution in [0.5, 0.6) is 5.75 Å². The van der Waals surface area contributed by atoms with Crippen molar-refractivity contribution in [3.05, 3.63) is 29.3 Å². The van der Waals surface area contributed by atoms with Gasteiger partial charge in [0.1, 0.15) is 11.3 Å². The lowest BCUT2D eigenvalue weighted by atomic mass is 9.76. The van der Waals surface area contributed by atoms with Crippen LogP contribution < -0.4 is 10.1 Å². The zero-order valence-electron chi connectivity index (χ0n) is 11.1. The Bertz CT molecular complexity index is 458. The third-order valence-electron chi connectivity index (χ3n) is 3.73. The Hall–Kier alpha value is -1.55. The fourth-order valence-corrected chi connectivity index (χ4v) is 2.75. The number of hydrogen-bond acceptors (Lipinski definition) is 4. The molecule has 1 atom stereocenters. The van der Waals surface area contributed by atoms with Gasteiger partial charge in [0.25, 0.3) is 0 Å². The molecule has 1 aromatic rings.